The molecule has 0 aliphatic rings. The van der Waals surface area contributed by atoms with E-state index in [1.165, 1.54) is 0 Å². The Balaban J connectivity index is 2.07. The standard InChI is InChI=1S/C9H14N2O3/c1-7-5-11-8(14-7)6-10-4-2-3-9(12)13/h5,10H,2-4,6H2,1H3,(H,12,13). The highest BCUT2D eigenvalue weighted by Gasteiger charge is 2.00. The van der Waals surface area contributed by atoms with E-state index < -0.39 is 5.97 Å². The first-order chi connectivity index (χ1) is 6.68. The molecule has 1 heterocycles. The molecule has 0 bridgehead atoms. The van der Waals surface area contributed by atoms with Gasteiger partial charge in [-0.2, -0.15) is 0 Å². The Morgan fingerprint density at radius 2 is 2.50 bits per heavy atom. The van der Waals surface area contributed by atoms with E-state index in [2.05, 4.69) is 10.3 Å². The minimum absolute atomic E-state index is 0.192. The molecule has 5 heteroatoms. The molecule has 0 aromatic carbocycles. The largest absolute Gasteiger partial charge is 0.481 e. The number of aromatic nitrogens is 1. The van der Waals surface area contributed by atoms with Gasteiger partial charge in [0, 0.05) is 6.42 Å². The number of hydrogen-bond acceptors (Lipinski definition) is 4. The number of carboxylic acid groups (broad SMARTS) is 1. The number of rotatable bonds is 6. The second kappa shape index (κ2) is 5.39. The van der Waals surface area contributed by atoms with Crippen LogP contribution in [0.25, 0.3) is 0 Å². The quantitative estimate of drug-likeness (QED) is 0.665. The van der Waals surface area contributed by atoms with Gasteiger partial charge in [-0.3, -0.25) is 4.79 Å². The van der Waals surface area contributed by atoms with E-state index in [0.29, 0.717) is 25.4 Å². The Hall–Kier alpha value is -1.36. The molecule has 0 radical (unpaired) electrons. The molecule has 78 valence electrons. The summed E-state index contributed by atoms with van der Waals surface area (Å²) in [5.74, 6) is 0.656. The zero-order valence-corrected chi connectivity index (χ0v) is 8.12. The summed E-state index contributed by atoms with van der Waals surface area (Å²) in [5, 5.41) is 11.4. The van der Waals surface area contributed by atoms with Crippen LogP contribution in [-0.4, -0.2) is 22.6 Å². The van der Waals surface area contributed by atoms with Crippen LogP contribution < -0.4 is 5.32 Å². The van der Waals surface area contributed by atoms with Crippen LogP contribution in [0, 0.1) is 6.92 Å². The average molecular weight is 198 g/mol. The van der Waals surface area contributed by atoms with Gasteiger partial charge < -0.3 is 14.8 Å². The molecule has 0 atom stereocenters. The van der Waals surface area contributed by atoms with Crippen molar-refractivity contribution in [3.05, 3.63) is 17.8 Å². The lowest BCUT2D eigenvalue weighted by atomic mass is 10.3. The molecule has 1 aromatic rings. The van der Waals surface area contributed by atoms with Crippen LogP contribution in [0.15, 0.2) is 10.6 Å². The van der Waals surface area contributed by atoms with E-state index in [0.717, 1.165) is 5.76 Å². The Morgan fingerprint density at radius 1 is 1.71 bits per heavy atom. The van der Waals surface area contributed by atoms with Gasteiger partial charge in [0.2, 0.25) is 5.89 Å². The van der Waals surface area contributed by atoms with Crippen LogP contribution in [-0.2, 0) is 11.3 Å². The fraction of sp³-hybridized carbons (Fsp3) is 0.556. The van der Waals surface area contributed by atoms with E-state index in [-0.39, 0.29) is 6.42 Å². The Morgan fingerprint density at radius 3 is 3.07 bits per heavy atom. The van der Waals surface area contributed by atoms with Gasteiger partial charge in [0.05, 0.1) is 12.7 Å². The molecule has 0 saturated heterocycles. The molecule has 2 N–H and O–H groups in total. The van der Waals surface area contributed by atoms with Crippen molar-refractivity contribution >= 4 is 5.97 Å². The minimum Gasteiger partial charge on any atom is -0.481 e. The normalized spacial score (nSPS) is 10.4. The molecule has 0 aliphatic heterocycles. The molecule has 0 spiro atoms. The van der Waals surface area contributed by atoms with Crippen LogP contribution in [0.2, 0.25) is 0 Å². The number of nitrogens with one attached hydrogen (secondary N) is 1. The van der Waals surface area contributed by atoms with E-state index >= 15 is 0 Å². The number of carbonyl (C=O) groups is 1. The summed E-state index contributed by atoms with van der Waals surface area (Å²) in [6.45, 7) is 3.04. The highest BCUT2D eigenvalue weighted by molar-refractivity contribution is 5.66. The third-order valence-electron chi connectivity index (χ3n) is 1.69. The number of carboxylic acids is 1. The van der Waals surface area contributed by atoms with Gasteiger partial charge in [0.15, 0.2) is 0 Å². The lowest BCUT2D eigenvalue weighted by Gasteiger charge is -1.99. The van der Waals surface area contributed by atoms with E-state index in [4.69, 9.17) is 9.52 Å². The fourth-order valence-electron chi connectivity index (χ4n) is 1.04. The van der Waals surface area contributed by atoms with Gasteiger partial charge in [-0.05, 0) is 19.9 Å². The zero-order valence-electron chi connectivity index (χ0n) is 8.12. The maximum atomic E-state index is 10.2. The number of nitrogens with zero attached hydrogens (tertiary/aromatic N) is 1. The molecular formula is C9H14N2O3. The van der Waals surface area contributed by atoms with Gasteiger partial charge in [-0.15, -0.1) is 0 Å². The molecule has 14 heavy (non-hydrogen) atoms. The van der Waals surface area contributed by atoms with Crippen molar-refractivity contribution in [1.29, 1.82) is 0 Å². The van der Waals surface area contributed by atoms with Crippen molar-refractivity contribution in [1.82, 2.24) is 10.3 Å². The summed E-state index contributed by atoms with van der Waals surface area (Å²) in [4.78, 5) is 14.2. The highest BCUT2D eigenvalue weighted by atomic mass is 16.4. The maximum Gasteiger partial charge on any atom is 0.303 e. The molecule has 0 fully saturated rings. The van der Waals surface area contributed by atoms with Crippen LogP contribution >= 0.6 is 0 Å². The SMILES string of the molecule is Cc1cnc(CNCCCC(=O)O)o1. The number of aryl methyl sites for hydroxylation is 1. The Kier molecular flexibility index (Phi) is 4.12. The number of hydrogen-bond donors (Lipinski definition) is 2. The molecule has 1 rings (SSSR count). The zero-order chi connectivity index (χ0) is 10.4. The third-order valence-corrected chi connectivity index (χ3v) is 1.69. The maximum absolute atomic E-state index is 10.2. The van der Waals surface area contributed by atoms with Crippen molar-refractivity contribution in [2.75, 3.05) is 6.54 Å². The average Bonchev–Trinajstić information content (AvgIpc) is 2.50. The molecule has 0 unspecified atom stereocenters. The third kappa shape index (κ3) is 4.04. The second-order valence-corrected chi connectivity index (χ2v) is 3.04. The summed E-state index contributed by atoms with van der Waals surface area (Å²) >= 11 is 0. The van der Waals surface area contributed by atoms with Crippen LogP contribution in [0.1, 0.15) is 24.5 Å². The van der Waals surface area contributed by atoms with Crippen molar-refractivity contribution in [3.8, 4) is 0 Å². The van der Waals surface area contributed by atoms with Gasteiger partial charge in [0.25, 0.3) is 0 Å². The van der Waals surface area contributed by atoms with Crippen molar-refractivity contribution in [3.63, 3.8) is 0 Å². The fourth-order valence-corrected chi connectivity index (χ4v) is 1.04. The molecule has 0 saturated carbocycles. The predicted molar refractivity (Wildman–Crippen MR) is 49.8 cm³/mol. The molecule has 0 aliphatic carbocycles. The summed E-state index contributed by atoms with van der Waals surface area (Å²) in [6, 6.07) is 0. The van der Waals surface area contributed by atoms with E-state index in [1.54, 1.807) is 6.20 Å². The van der Waals surface area contributed by atoms with Gasteiger partial charge in [-0.1, -0.05) is 0 Å². The molecule has 5 nitrogen and oxygen atoms in total. The second-order valence-electron chi connectivity index (χ2n) is 3.04. The summed E-state index contributed by atoms with van der Waals surface area (Å²) < 4.78 is 5.22. The predicted octanol–water partition coefficient (Wildman–Crippen LogP) is 0.937. The summed E-state index contributed by atoms with van der Waals surface area (Å²) in [5.41, 5.74) is 0. The smallest absolute Gasteiger partial charge is 0.303 e. The molecular weight excluding hydrogens is 184 g/mol. The van der Waals surface area contributed by atoms with Crippen molar-refractivity contribution in [2.45, 2.75) is 26.3 Å². The number of aliphatic carboxylic acids is 1. The van der Waals surface area contributed by atoms with Crippen LogP contribution in [0.3, 0.4) is 0 Å². The lowest BCUT2D eigenvalue weighted by molar-refractivity contribution is -0.137. The summed E-state index contributed by atoms with van der Waals surface area (Å²) in [6.07, 6.45) is 2.47. The first-order valence-corrected chi connectivity index (χ1v) is 4.52. The Bertz CT molecular complexity index is 296. The lowest BCUT2D eigenvalue weighted by Crippen LogP contribution is -2.15. The van der Waals surface area contributed by atoms with Crippen LogP contribution in [0.4, 0.5) is 0 Å². The van der Waals surface area contributed by atoms with E-state index in [1.807, 2.05) is 6.92 Å². The van der Waals surface area contributed by atoms with Crippen molar-refractivity contribution < 1.29 is 14.3 Å². The van der Waals surface area contributed by atoms with Gasteiger partial charge in [-0.25, -0.2) is 4.98 Å². The monoisotopic (exact) mass is 198 g/mol. The van der Waals surface area contributed by atoms with E-state index in [9.17, 15) is 4.79 Å². The summed E-state index contributed by atoms with van der Waals surface area (Å²) in [7, 11) is 0. The Labute approximate surface area is 82.1 Å². The highest BCUT2D eigenvalue weighted by Crippen LogP contribution is 2.00. The first kappa shape index (κ1) is 10.7. The number of oxazole rings is 1. The van der Waals surface area contributed by atoms with Gasteiger partial charge in [0.1, 0.15) is 5.76 Å². The van der Waals surface area contributed by atoms with Crippen LogP contribution in [0.5, 0.6) is 0 Å². The van der Waals surface area contributed by atoms with Crippen molar-refractivity contribution in [2.24, 2.45) is 0 Å². The molecule has 0 amide bonds. The van der Waals surface area contributed by atoms with Gasteiger partial charge >= 0.3 is 5.97 Å². The topological polar surface area (TPSA) is 75.4 Å². The minimum atomic E-state index is -0.765. The molecule has 1 aromatic heterocycles. The first-order valence-electron chi connectivity index (χ1n) is 4.52.